The first-order valence-corrected chi connectivity index (χ1v) is 5.71. The fraction of sp³-hybridized carbons (Fsp3) is 0.364. The van der Waals surface area contributed by atoms with Gasteiger partial charge in [0, 0.05) is 37.3 Å². The summed E-state index contributed by atoms with van der Waals surface area (Å²) in [7, 11) is 0. The van der Waals surface area contributed by atoms with Gasteiger partial charge in [0.25, 0.3) is 5.91 Å². The third-order valence-electron chi connectivity index (χ3n) is 2.32. The van der Waals surface area contributed by atoms with Gasteiger partial charge in [-0.15, -0.1) is 0 Å². The first-order chi connectivity index (χ1) is 8.04. The summed E-state index contributed by atoms with van der Waals surface area (Å²) in [4.78, 5) is 27.6. The number of hydrogen-bond donors (Lipinski definition) is 2. The molecule has 0 aromatic carbocycles. The van der Waals surface area contributed by atoms with E-state index in [2.05, 4.69) is 4.98 Å². The molecule has 92 valence electrons. The van der Waals surface area contributed by atoms with Gasteiger partial charge in [-0.25, -0.2) is 0 Å². The van der Waals surface area contributed by atoms with Crippen LogP contribution in [0.2, 0.25) is 0 Å². The number of pyridine rings is 1. The van der Waals surface area contributed by atoms with Crippen LogP contribution in [0.25, 0.3) is 0 Å². The number of carbonyl (C=O) groups is 1. The summed E-state index contributed by atoms with van der Waals surface area (Å²) in [5.74, 6) is -0.185. The number of nitrogens with zero attached hydrogens (tertiary/aromatic N) is 1. The molecule has 0 unspecified atom stereocenters. The lowest BCUT2D eigenvalue weighted by atomic mass is 10.2. The molecule has 0 aliphatic carbocycles. The summed E-state index contributed by atoms with van der Waals surface area (Å²) in [5, 5.41) is 0. The van der Waals surface area contributed by atoms with Crippen molar-refractivity contribution in [3.05, 3.63) is 34.2 Å². The molecule has 0 saturated carbocycles. The molecule has 17 heavy (non-hydrogen) atoms. The molecule has 3 N–H and O–H groups in total. The van der Waals surface area contributed by atoms with Crippen molar-refractivity contribution in [3.63, 3.8) is 0 Å². The molecule has 0 saturated heterocycles. The number of aromatic nitrogens is 1. The topological polar surface area (TPSA) is 79.2 Å². The van der Waals surface area contributed by atoms with Crippen LogP contribution in [0.5, 0.6) is 0 Å². The van der Waals surface area contributed by atoms with Crippen LogP contribution >= 0.6 is 12.2 Å². The molecule has 0 aliphatic heterocycles. The minimum Gasteiger partial charge on any atom is -0.393 e. The number of H-pyrrole nitrogens is 1. The molecule has 0 bridgehead atoms. The van der Waals surface area contributed by atoms with Crippen LogP contribution < -0.4 is 11.3 Å². The third kappa shape index (κ3) is 3.99. The second kappa shape index (κ2) is 6.15. The van der Waals surface area contributed by atoms with E-state index < -0.39 is 0 Å². The molecule has 0 atom stereocenters. The smallest absolute Gasteiger partial charge is 0.254 e. The Morgan fingerprint density at radius 1 is 1.59 bits per heavy atom. The van der Waals surface area contributed by atoms with Crippen LogP contribution in [0.3, 0.4) is 0 Å². The van der Waals surface area contributed by atoms with Gasteiger partial charge in [0.2, 0.25) is 5.56 Å². The number of carbonyl (C=O) groups excluding carboxylic acids is 1. The fourth-order valence-electron chi connectivity index (χ4n) is 1.41. The third-order valence-corrected chi connectivity index (χ3v) is 2.52. The zero-order valence-electron chi connectivity index (χ0n) is 9.60. The van der Waals surface area contributed by atoms with E-state index >= 15 is 0 Å². The Morgan fingerprint density at radius 3 is 2.82 bits per heavy atom. The van der Waals surface area contributed by atoms with Crippen LogP contribution in [-0.2, 0) is 0 Å². The van der Waals surface area contributed by atoms with E-state index in [1.54, 1.807) is 11.0 Å². The first-order valence-electron chi connectivity index (χ1n) is 5.31. The summed E-state index contributed by atoms with van der Waals surface area (Å²) < 4.78 is 0. The largest absolute Gasteiger partial charge is 0.393 e. The lowest BCUT2D eigenvalue weighted by molar-refractivity contribution is 0.0768. The van der Waals surface area contributed by atoms with Crippen LogP contribution in [-0.4, -0.2) is 33.9 Å². The Hall–Kier alpha value is -1.69. The van der Waals surface area contributed by atoms with Crippen molar-refractivity contribution in [1.29, 1.82) is 0 Å². The van der Waals surface area contributed by atoms with Crippen LogP contribution in [0.1, 0.15) is 23.7 Å². The van der Waals surface area contributed by atoms with Gasteiger partial charge in [0.05, 0.1) is 4.99 Å². The number of hydrogen-bond acceptors (Lipinski definition) is 3. The first kappa shape index (κ1) is 13.4. The number of rotatable bonds is 5. The molecule has 1 amide bonds. The van der Waals surface area contributed by atoms with Crippen molar-refractivity contribution in [1.82, 2.24) is 9.88 Å². The average molecular weight is 253 g/mol. The van der Waals surface area contributed by atoms with E-state index in [-0.39, 0.29) is 11.5 Å². The van der Waals surface area contributed by atoms with Crippen molar-refractivity contribution < 1.29 is 4.79 Å². The molecule has 0 fully saturated rings. The predicted octanol–water partition coefficient (Wildman–Crippen LogP) is 0.513. The molecule has 1 aromatic heterocycles. The van der Waals surface area contributed by atoms with Gasteiger partial charge in [0.1, 0.15) is 0 Å². The van der Waals surface area contributed by atoms with Crippen molar-refractivity contribution >= 4 is 23.1 Å². The molecule has 0 spiro atoms. The van der Waals surface area contributed by atoms with Gasteiger partial charge in [0.15, 0.2) is 0 Å². The van der Waals surface area contributed by atoms with E-state index in [1.165, 1.54) is 12.3 Å². The minimum atomic E-state index is -0.291. The predicted molar refractivity (Wildman–Crippen MR) is 70.0 cm³/mol. The molecule has 0 aliphatic rings. The quantitative estimate of drug-likeness (QED) is 0.750. The van der Waals surface area contributed by atoms with Crippen molar-refractivity contribution in [3.8, 4) is 0 Å². The van der Waals surface area contributed by atoms with Gasteiger partial charge >= 0.3 is 0 Å². The monoisotopic (exact) mass is 253 g/mol. The maximum absolute atomic E-state index is 12.0. The normalized spacial score (nSPS) is 9.94. The number of aromatic amines is 1. The number of nitrogens with one attached hydrogen (secondary N) is 1. The summed E-state index contributed by atoms with van der Waals surface area (Å²) >= 11 is 4.77. The maximum Gasteiger partial charge on any atom is 0.254 e. The Kier molecular flexibility index (Phi) is 4.84. The molecular formula is C11H15N3O2S. The summed E-state index contributed by atoms with van der Waals surface area (Å²) in [6.45, 7) is 2.89. The van der Waals surface area contributed by atoms with E-state index in [1.807, 2.05) is 6.92 Å². The van der Waals surface area contributed by atoms with E-state index in [4.69, 9.17) is 18.0 Å². The Balaban J connectivity index is 2.79. The zero-order valence-corrected chi connectivity index (χ0v) is 10.4. The van der Waals surface area contributed by atoms with Crippen molar-refractivity contribution in [2.24, 2.45) is 5.73 Å². The van der Waals surface area contributed by atoms with E-state index in [0.717, 1.165) is 0 Å². The van der Waals surface area contributed by atoms with Gasteiger partial charge < -0.3 is 15.6 Å². The standard InChI is InChI=1S/C11H15N3O2S/c1-2-14(6-4-9(12)17)11(16)8-3-5-13-10(15)7-8/h3,5,7H,2,4,6H2,1H3,(H2,12,17)(H,13,15). The van der Waals surface area contributed by atoms with Crippen LogP contribution in [0, 0.1) is 0 Å². The van der Waals surface area contributed by atoms with E-state index in [0.29, 0.717) is 30.1 Å². The highest BCUT2D eigenvalue weighted by molar-refractivity contribution is 7.80. The minimum absolute atomic E-state index is 0.185. The fourth-order valence-corrected chi connectivity index (χ4v) is 1.50. The van der Waals surface area contributed by atoms with Crippen molar-refractivity contribution in [2.75, 3.05) is 13.1 Å². The number of nitrogens with two attached hydrogens (primary N) is 1. The molecule has 6 heteroatoms. The second-order valence-corrected chi connectivity index (χ2v) is 4.07. The molecule has 0 radical (unpaired) electrons. The highest BCUT2D eigenvalue weighted by Crippen LogP contribution is 2.02. The summed E-state index contributed by atoms with van der Waals surface area (Å²) in [5.41, 5.74) is 5.48. The maximum atomic E-state index is 12.0. The molecule has 1 rings (SSSR count). The van der Waals surface area contributed by atoms with Crippen molar-refractivity contribution in [2.45, 2.75) is 13.3 Å². The Bertz CT molecular complexity index is 470. The van der Waals surface area contributed by atoms with Gasteiger partial charge in [-0.2, -0.15) is 0 Å². The van der Waals surface area contributed by atoms with Crippen LogP contribution in [0.4, 0.5) is 0 Å². The lowest BCUT2D eigenvalue weighted by Crippen LogP contribution is -2.34. The number of thiocarbonyl (C=S) groups is 1. The van der Waals surface area contributed by atoms with Gasteiger partial charge in [-0.1, -0.05) is 12.2 Å². The van der Waals surface area contributed by atoms with Crippen LogP contribution in [0.15, 0.2) is 23.1 Å². The van der Waals surface area contributed by atoms with Gasteiger partial charge in [-0.05, 0) is 13.0 Å². The molecule has 5 nitrogen and oxygen atoms in total. The molecular weight excluding hydrogens is 238 g/mol. The van der Waals surface area contributed by atoms with E-state index in [9.17, 15) is 9.59 Å². The highest BCUT2D eigenvalue weighted by atomic mass is 32.1. The molecule has 1 aromatic rings. The average Bonchev–Trinajstić information content (AvgIpc) is 2.29. The highest BCUT2D eigenvalue weighted by Gasteiger charge is 2.14. The van der Waals surface area contributed by atoms with Gasteiger partial charge in [-0.3, -0.25) is 9.59 Å². The lowest BCUT2D eigenvalue weighted by Gasteiger charge is -2.20. The Labute approximate surface area is 105 Å². The SMILES string of the molecule is CCN(CCC(N)=S)C(=O)c1cc[nH]c(=O)c1. The Morgan fingerprint density at radius 2 is 2.29 bits per heavy atom. The zero-order chi connectivity index (χ0) is 12.8. The summed E-state index contributed by atoms with van der Waals surface area (Å²) in [6.07, 6.45) is 1.94. The summed E-state index contributed by atoms with van der Waals surface area (Å²) in [6, 6.07) is 2.86. The number of amides is 1. The molecule has 1 heterocycles. The second-order valence-electron chi connectivity index (χ2n) is 3.54.